The van der Waals surface area contributed by atoms with E-state index in [1.165, 1.54) is 0 Å². The van der Waals surface area contributed by atoms with Gasteiger partial charge in [0, 0.05) is 36.7 Å². The number of rotatable bonds is 5. The lowest BCUT2D eigenvalue weighted by molar-refractivity contribution is -0.0192. The van der Waals surface area contributed by atoms with Gasteiger partial charge in [0.25, 0.3) is 0 Å². The Morgan fingerprint density at radius 1 is 1.42 bits per heavy atom. The summed E-state index contributed by atoms with van der Waals surface area (Å²) in [5.74, 6) is 0. The number of benzene rings is 1. The van der Waals surface area contributed by atoms with Crippen molar-refractivity contribution in [1.82, 2.24) is 4.90 Å². The van der Waals surface area contributed by atoms with E-state index < -0.39 is 0 Å². The van der Waals surface area contributed by atoms with Gasteiger partial charge in [-0.15, -0.1) is 0 Å². The van der Waals surface area contributed by atoms with Gasteiger partial charge in [0.2, 0.25) is 0 Å². The van der Waals surface area contributed by atoms with Gasteiger partial charge >= 0.3 is 0 Å². The van der Waals surface area contributed by atoms with Gasteiger partial charge < -0.3 is 15.4 Å². The highest BCUT2D eigenvalue weighted by atomic mass is 35.5. The standard InChI is InChI=1S/C15H23ClN2O/c1-18(9-13-5-2-3-6-14(13)16)11-15(10-17)7-4-8-19-12-15/h2-3,5-6H,4,7-12,17H2,1H3. The molecule has 1 aliphatic heterocycles. The molecule has 1 aromatic carbocycles. The van der Waals surface area contributed by atoms with Crippen LogP contribution in [0.5, 0.6) is 0 Å². The van der Waals surface area contributed by atoms with E-state index in [0.29, 0.717) is 6.54 Å². The number of ether oxygens (including phenoxy) is 1. The molecule has 19 heavy (non-hydrogen) atoms. The second kappa shape index (κ2) is 6.71. The van der Waals surface area contributed by atoms with Gasteiger partial charge in [-0.1, -0.05) is 29.8 Å². The van der Waals surface area contributed by atoms with Crippen LogP contribution in [0.15, 0.2) is 24.3 Å². The van der Waals surface area contributed by atoms with Crippen LogP contribution < -0.4 is 5.73 Å². The fourth-order valence-electron chi connectivity index (χ4n) is 2.81. The Labute approximate surface area is 120 Å². The minimum absolute atomic E-state index is 0.105. The Balaban J connectivity index is 1.96. The summed E-state index contributed by atoms with van der Waals surface area (Å²) in [4.78, 5) is 2.29. The first-order valence-corrected chi connectivity index (χ1v) is 7.23. The third-order valence-corrected chi connectivity index (χ3v) is 4.21. The lowest BCUT2D eigenvalue weighted by Crippen LogP contribution is -2.46. The molecule has 0 aromatic heterocycles. The minimum Gasteiger partial charge on any atom is -0.381 e. The van der Waals surface area contributed by atoms with Crippen LogP contribution >= 0.6 is 11.6 Å². The van der Waals surface area contributed by atoms with Crippen LogP contribution in [0.3, 0.4) is 0 Å². The molecule has 1 aliphatic rings. The Morgan fingerprint density at radius 3 is 2.84 bits per heavy atom. The zero-order valence-corrected chi connectivity index (χ0v) is 12.3. The molecule has 1 saturated heterocycles. The van der Waals surface area contributed by atoms with E-state index in [9.17, 15) is 0 Å². The molecule has 1 unspecified atom stereocenters. The van der Waals surface area contributed by atoms with Gasteiger partial charge in [-0.3, -0.25) is 0 Å². The van der Waals surface area contributed by atoms with Crippen LogP contribution in [0.25, 0.3) is 0 Å². The zero-order chi connectivity index (χ0) is 13.7. The van der Waals surface area contributed by atoms with Crippen LogP contribution in [-0.4, -0.2) is 38.3 Å². The summed E-state index contributed by atoms with van der Waals surface area (Å²) in [5, 5.41) is 0.830. The lowest BCUT2D eigenvalue weighted by atomic mass is 9.82. The van der Waals surface area contributed by atoms with Crippen LogP contribution in [0.4, 0.5) is 0 Å². The second-order valence-corrected chi connectivity index (χ2v) is 6.03. The van der Waals surface area contributed by atoms with E-state index in [2.05, 4.69) is 18.0 Å². The Hall–Kier alpha value is -0.610. The van der Waals surface area contributed by atoms with Gasteiger partial charge in [-0.25, -0.2) is 0 Å². The monoisotopic (exact) mass is 282 g/mol. The number of hydrogen-bond donors (Lipinski definition) is 1. The van der Waals surface area contributed by atoms with Gasteiger partial charge in [0.15, 0.2) is 0 Å². The fraction of sp³-hybridized carbons (Fsp3) is 0.600. The molecule has 1 fully saturated rings. The maximum Gasteiger partial charge on any atom is 0.0546 e. The number of nitrogens with two attached hydrogens (primary N) is 1. The van der Waals surface area contributed by atoms with Crippen molar-refractivity contribution in [3.8, 4) is 0 Å². The fourth-order valence-corrected chi connectivity index (χ4v) is 3.00. The van der Waals surface area contributed by atoms with Gasteiger partial charge in [0.1, 0.15) is 0 Å². The normalized spacial score (nSPS) is 23.8. The summed E-state index contributed by atoms with van der Waals surface area (Å²) in [6, 6.07) is 8.00. The van der Waals surface area contributed by atoms with Crippen LogP contribution in [0.2, 0.25) is 5.02 Å². The van der Waals surface area contributed by atoms with Crippen molar-refractivity contribution >= 4 is 11.6 Å². The zero-order valence-electron chi connectivity index (χ0n) is 11.6. The van der Waals surface area contributed by atoms with Crippen molar-refractivity contribution in [1.29, 1.82) is 0 Å². The molecule has 4 heteroatoms. The van der Waals surface area contributed by atoms with E-state index in [0.717, 1.165) is 49.7 Å². The molecule has 1 aromatic rings. The van der Waals surface area contributed by atoms with E-state index in [1.807, 2.05) is 18.2 Å². The van der Waals surface area contributed by atoms with Crippen LogP contribution in [-0.2, 0) is 11.3 Å². The molecule has 0 spiro atoms. The second-order valence-electron chi connectivity index (χ2n) is 5.62. The predicted octanol–water partition coefficient (Wildman–Crippen LogP) is 2.53. The van der Waals surface area contributed by atoms with E-state index in [1.54, 1.807) is 0 Å². The molecule has 3 nitrogen and oxygen atoms in total. The highest BCUT2D eigenvalue weighted by Gasteiger charge is 2.32. The molecule has 2 N–H and O–H groups in total. The number of hydrogen-bond acceptors (Lipinski definition) is 3. The molecule has 0 bridgehead atoms. The summed E-state index contributed by atoms with van der Waals surface area (Å²) in [6.07, 6.45) is 2.26. The first-order chi connectivity index (χ1) is 9.15. The highest BCUT2D eigenvalue weighted by Crippen LogP contribution is 2.29. The van der Waals surface area contributed by atoms with E-state index in [-0.39, 0.29) is 5.41 Å². The summed E-state index contributed by atoms with van der Waals surface area (Å²) in [5.41, 5.74) is 7.25. The molecule has 0 radical (unpaired) electrons. The topological polar surface area (TPSA) is 38.5 Å². The lowest BCUT2D eigenvalue weighted by Gasteiger charge is -2.39. The summed E-state index contributed by atoms with van der Waals surface area (Å²) in [6.45, 7) is 4.13. The van der Waals surface area contributed by atoms with Gasteiger partial charge in [0.05, 0.1) is 6.61 Å². The van der Waals surface area contributed by atoms with Crippen molar-refractivity contribution in [2.24, 2.45) is 11.1 Å². The smallest absolute Gasteiger partial charge is 0.0546 e. The molecule has 0 amide bonds. The molecule has 1 heterocycles. The SMILES string of the molecule is CN(Cc1ccccc1Cl)CC1(CN)CCCOC1. The Kier molecular flexibility index (Phi) is 5.22. The average Bonchev–Trinajstić information content (AvgIpc) is 2.42. The maximum absolute atomic E-state index is 6.20. The predicted molar refractivity (Wildman–Crippen MR) is 79.3 cm³/mol. The quantitative estimate of drug-likeness (QED) is 0.902. The average molecular weight is 283 g/mol. The molecule has 0 saturated carbocycles. The summed E-state index contributed by atoms with van der Waals surface area (Å²) in [7, 11) is 2.12. The van der Waals surface area contributed by atoms with Gasteiger partial charge in [-0.2, -0.15) is 0 Å². The van der Waals surface area contributed by atoms with E-state index >= 15 is 0 Å². The van der Waals surface area contributed by atoms with Crippen molar-refractivity contribution in [3.05, 3.63) is 34.9 Å². The molecule has 1 atom stereocenters. The van der Waals surface area contributed by atoms with Crippen LogP contribution in [0.1, 0.15) is 18.4 Å². The van der Waals surface area contributed by atoms with E-state index in [4.69, 9.17) is 22.1 Å². The molecule has 2 rings (SSSR count). The summed E-state index contributed by atoms with van der Waals surface area (Å²) < 4.78 is 5.62. The largest absolute Gasteiger partial charge is 0.381 e. The summed E-state index contributed by atoms with van der Waals surface area (Å²) >= 11 is 6.20. The molecule has 106 valence electrons. The van der Waals surface area contributed by atoms with Crippen molar-refractivity contribution in [3.63, 3.8) is 0 Å². The molecular weight excluding hydrogens is 260 g/mol. The Bertz CT molecular complexity index is 405. The third kappa shape index (κ3) is 3.93. The third-order valence-electron chi connectivity index (χ3n) is 3.84. The van der Waals surface area contributed by atoms with Crippen LogP contribution in [0, 0.1) is 5.41 Å². The highest BCUT2D eigenvalue weighted by molar-refractivity contribution is 6.31. The first kappa shape index (κ1) is 14.8. The molecule has 0 aliphatic carbocycles. The number of nitrogens with zero attached hydrogens (tertiary/aromatic N) is 1. The molecular formula is C15H23ClN2O. The minimum atomic E-state index is 0.105. The van der Waals surface area contributed by atoms with Crippen molar-refractivity contribution in [2.75, 3.05) is 33.4 Å². The number of halogens is 1. The van der Waals surface area contributed by atoms with Crippen molar-refractivity contribution in [2.45, 2.75) is 19.4 Å². The van der Waals surface area contributed by atoms with Crippen molar-refractivity contribution < 1.29 is 4.74 Å². The Morgan fingerprint density at radius 2 is 2.21 bits per heavy atom. The first-order valence-electron chi connectivity index (χ1n) is 6.85. The van der Waals surface area contributed by atoms with Gasteiger partial charge in [-0.05, 0) is 31.5 Å². The maximum atomic E-state index is 6.20.